The molecule has 3 rings (SSSR count). The number of ether oxygens (including phenoxy) is 1. The van der Waals surface area contributed by atoms with Gasteiger partial charge in [0.1, 0.15) is 0 Å². The molecule has 0 saturated carbocycles. The third-order valence-corrected chi connectivity index (χ3v) is 5.01. The van der Waals surface area contributed by atoms with E-state index < -0.39 is 5.97 Å². The molecule has 2 aromatic heterocycles. The molecular weight excluding hydrogens is 312 g/mol. The highest BCUT2D eigenvalue weighted by molar-refractivity contribution is 7.18. The van der Waals surface area contributed by atoms with Crippen LogP contribution in [0.1, 0.15) is 22.5 Å². The average Bonchev–Trinajstić information content (AvgIpc) is 3.19. The number of thiazole rings is 1. The molecule has 8 heteroatoms. The summed E-state index contributed by atoms with van der Waals surface area (Å²) in [7, 11) is 1.34. The fourth-order valence-electron chi connectivity index (χ4n) is 2.55. The number of hydrogen-bond donors (Lipinski definition) is 0. The number of methoxy groups -OCH3 is 1. The van der Waals surface area contributed by atoms with Crippen molar-refractivity contribution in [2.45, 2.75) is 25.4 Å². The van der Waals surface area contributed by atoms with E-state index in [1.165, 1.54) is 18.4 Å². The summed E-state index contributed by atoms with van der Waals surface area (Å²) in [6.45, 7) is 1.77. The van der Waals surface area contributed by atoms with Gasteiger partial charge in [0.2, 0.25) is 0 Å². The molecule has 0 aromatic carbocycles. The van der Waals surface area contributed by atoms with Crippen LogP contribution in [0, 0.1) is 0 Å². The standard InChI is InChI=1S/C13H15ClN4O2S/c1-20-12(19)10-11(14)16-13(21-10)18-5-2-3-9(18)7-17-6-4-15-8-17/h4,6,8-9H,2-3,5,7H2,1H3. The molecular formula is C13H15ClN4O2S. The summed E-state index contributed by atoms with van der Waals surface area (Å²) in [6.07, 6.45) is 7.72. The van der Waals surface area contributed by atoms with Gasteiger partial charge in [-0.3, -0.25) is 0 Å². The number of aromatic nitrogens is 3. The van der Waals surface area contributed by atoms with Crippen LogP contribution in [0.3, 0.4) is 0 Å². The molecule has 1 fully saturated rings. The first-order valence-corrected chi connectivity index (χ1v) is 7.85. The number of hydrogen-bond acceptors (Lipinski definition) is 6. The number of rotatable bonds is 4. The second-order valence-electron chi connectivity index (χ2n) is 4.86. The maximum Gasteiger partial charge on any atom is 0.351 e. The Morgan fingerprint density at radius 1 is 1.62 bits per heavy atom. The highest BCUT2D eigenvalue weighted by atomic mass is 35.5. The molecule has 21 heavy (non-hydrogen) atoms. The summed E-state index contributed by atoms with van der Waals surface area (Å²) < 4.78 is 6.78. The van der Waals surface area contributed by atoms with E-state index in [9.17, 15) is 4.79 Å². The van der Waals surface area contributed by atoms with Crippen LogP contribution in [0.4, 0.5) is 5.13 Å². The Labute approximate surface area is 131 Å². The second kappa shape index (κ2) is 6.03. The van der Waals surface area contributed by atoms with Crippen molar-refractivity contribution in [3.8, 4) is 0 Å². The van der Waals surface area contributed by atoms with Crippen LogP contribution in [0.25, 0.3) is 0 Å². The normalized spacial score (nSPS) is 18.2. The van der Waals surface area contributed by atoms with E-state index in [0.717, 1.165) is 31.1 Å². The van der Waals surface area contributed by atoms with E-state index in [4.69, 9.17) is 16.3 Å². The Balaban J connectivity index is 1.80. The largest absolute Gasteiger partial charge is 0.465 e. The molecule has 3 heterocycles. The maximum absolute atomic E-state index is 11.6. The Morgan fingerprint density at radius 2 is 2.48 bits per heavy atom. The quantitative estimate of drug-likeness (QED) is 0.808. The van der Waals surface area contributed by atoms with Gasteiger partial charge >= 0.3 is 5.97 Å². The molecule has 0 N–H and O–H groups in total. The van der Waals surface area contributed by atoms with Gasteiger partial charge in [-0.2, -0.15) is 0 Å². The van der Waals surface area contributed by atoms with Crippen LogP contribution in [-0.4, -0.2) is 40.2 Å². The molecule has 0 aliphatic carbocycles. The molecule has 1 saturated heterocycles. The van der Waals surface area contributed by atoms with Crippen LogP contribution in [0.5, 0.6) is 0 Å². The lowest BCUT2D eigenvalue weighted by atomic mass is 10.2. The van der Waals surface area contributed by atoms with Gasteiger partial charge in [0.05, 0.1) is 13.4 Å². The van der Waals surface area contributed by atoms with Crippen LogP contribution in [0.15, 0.2) is 18.7 Å². The number of carbonyl (C=O) groups excluding carboxylic acids is 1. The molecule has 0 spiro atoms. The molecule has 1 atom stereocenters. The minimum Gasteiger partial charge on any atom is -0.465 e. The van der Waals surface area contributed by atoms with Gasteiger partial charge in [-0.05, 0) is 12.8 Å². The Bertz CT molecular complexity index is 628. The predicted molar refractivity (Wildman–Crippen MR) is 81.1 cm³/mol. The van der Waals surface area contributed by atoms with Gasteiger partial charge < -0.3 is 14.2 Å². The average molecular weight is 327 g/mol. The fourth-order valence-corrected chi connectivity index (χ4v) is 3.84. The van der Waals surface area contributed by atoms with Crippen molar-refractivity contribution in [1.29, 1.82) is 0 Å². The monoisotopic (exact) mass is 326 g/mol. The minimum absolute atomic E-state index is 0.218. The van der Waals surface area contributed by atoms with E-state index in [-0.39, 0.29) is 5.15 Å². The molecule has 0 bridgehead atoms. The van der Waals surface area contributed by atoms with Gasteiger partial charge in [0, 0.05) is 31.5 Å². The third kappa shape index (κ3) is 2.89. The summed E-state index contributed by atoms with van der Waals surface area (Å²) in [5.41, 5.74) is 0. The number of carbonyl (C=O) groups is 1. The molecule has 1 aliphatic rings. The first-order valence-electron chi connectivity index (χ1n) is 6.66. The third-order valence-electron chi connectivity index (χ3n) is 3.55. The van der Waals surface area contributed by atoms with Crippen LogP contribution < -0.4 is 4.90 Å². The molecule has 0 radical (unpaired) electrons. The van der Waals surface area contributed by atoms with E-state index in [2.05, 4.69) is 19.4 Å². The van der Waals surface area contributed by atoms with Gasteiger partial charge in [-0.1, -0.05) is 22.9 Å². The van der Waals surface area contributed by atoms with E-state index >= 15 is 0 Å². The first kappa shape index (κ1) is 14.3. The van der Waals surface area contributed by atoms with Gasteiger partial charge in [0.15, 0.2) is 15.2 Å². The zero-order valence-electron chi connectivity index (χ0n) is 11.5. The number of imidazole rings is 1. The van der Waals surface area contributed by atoms with Crippen molar-refractivity contribution in [3.05, 3.63) is 28.8 Å². The zero-order valence-corrected chi connectivity index (χ0v) is 13.1. The molecule has 6 nitrogen and oxygen atoms in total. The lowest BCUT2D eigenvalue weighted by molar-refractivity contribution is 0.0606. The van der Waals surface area contributed by atoms with E-state index in [1.54, 1.807) is 6.20 Å². The van der Waals surface area contributed by atoms with Crippen molar-refractivity contribution in [3.63, 3.8) is 0 Å². The SMILES string of the molecule is COC(=O)c1sc(N2CCCC2Cn2ccnc2)nc1Cl. The molecule has 1 unspecified atom stereocenters. The summed E-state index contributed by atoms with van der Waals surface area (Å²) in [5, 5.41) is 0.998. The minimum atomic E-state index is -0.436. The molecule has 0 amide bonds. The van der Waals surface area contributed by atoms with Gasteiger partial charge in [-0.25, -0.2) is 14.8 Å². The lowest BCUT2D eigenvalue weighted by Crippen LogP contribution is -2.32. The summed E-state index contributed by atoms with van der Waals surface area (Å²) in [4.78, 5) is 22.6. The maximum atomic E-state index is 11.6. The molecule has 112 valence electrons. The number of esters is 1. The fraction of sp³-hybridized carbons (Fsp3) is 0.462. The zero-order chi connectivity index (χ0) is 14.8. The first-order chi connectivity index (χ1) is 10.2. The molecule has 1 aliphatic heterocycles. The Morgan fingerprint density at radius 3 is 3.19 bits per heavy atom. The van der Waals surface area contributed by atoms with Crippen molar-refractivity contribution < 1.29 is 9.53 Å². The molecule has 2 aromatic rings. The van der Waals surface area contributed by atoms with E-state index in [1.807, 2.05) is 12.5 Å². The summed E-state index contributed by atoms with van der Waals surface area (Å²) in [6, 6.07) is 0.340. The van der Waals surface area contributed by atoms with Crippen LogP contribution in [-0.2, 0) is 11.3 Å². The highest BCUT2D eigenvalue weighted by Gasteiger charge is 2.29. The Kier molecular flexibility index (Phi) is 4.12. The Hall–Kier alpha value is -1.60. The van der Waals surface area contributed by atoms with Crippen molar-refractivity contribution in [2.24, 2.45) is 0 Å². The van der Waals surface area contributed by atoms with Crippen molar-refractivity contribution in [2.75, 3.05) is 18.6 Å². The van der Waals surface area contributed by atoms with Crippen LogP contribution in [0.2, 0.25) is 5.15 Å². The highest BCUT2D eigenvalue weighted by Crippen LogP contribution is 2.34. The predicted octanol–water partition coefficient (Wildman–Crippen LogP) is 2.45. The van der Waals surface area contributed by atoms with Gasteiger partial charge in [-0.15, -0.1) is 0 Å². The summed E-state index contributed by atoms with van der Waals surface area (Å²) in [5.74, 6) is -0.436. The van der Waals surface area contributed by atoms with Crippen LogP contribution >= 0.6 is 22.9 Å². The van der Waals surface area contributed by atoms with Gasteiger partial charge in [0.25, 0.3) is 0 Å². The summed E-state index contributed by atoms with van der Waals surface area (Å²) >= 11 is 7.33. The van der Waals surface area contributed by atoms with Crippen molar-refractivity contribution in [1.82, 2.24) is 14.5 Å². The smallest absolute Gasteiger partial charge is 0.351 e. The topological polar surface area (TPSA) is 60.2 Å². The van der Waals surface area contributed by atoms with E-state index in [0.29, 0.717) is 10.9 Å². The lowest BCUT2D eigenvalue weighted by Gasteiger charge is -2.24. The number of anilines is 1. The van der Waals surface area contributed by atoms with Crippen molar-refractivity contribution >= 4 is 34.0 Å². The number of nitrogens with zero attached hydrogens (tertiary/aromatic N) is 4. The number of halogens is 1. The second-order valence-corrected chi connectivity index (χ2v) is 6.19.